The van der Waals surface area contributed by atoms with Crippen LogP contribution in [0, 0.1) is 17.1 Å². The van der Waals surface area contributed by atoms with E-state index >= 15 is 0 Å². The van der Waals surface area contributed by atoms with Crippen molar-refractivity contribution in [3.05, 3.63) is 59.7 Å². The number of pyridine rings is 1. The van der Waals surface area contributed by atoms with E-state index in [4.69, 9.17) is 10.00 Å². The lowest BCUT2D eigenvalue weighted by atomic mass is 9.96. The van der Waals surface area contributed by atoms with Gasteiger partial charge in [-0.25, -0.2) is 14.2 Å². The van der Waals surface area contributed by atoms with Crippen molar-refractivity contribution < 1.29 is 13.9 Å². The van der Waals surface area contributed by atoms with Crippen LogP contribution in [0.25, 0.3) is 0 Å². The average Bonchev–Trinajstić information content (AvgIpc) is 3.17. The molecule has 0 aliphatic carbocycles. The van der Waals surface area contributed by atoms with E-state index in [0.717, 1.165) is 5.56 Å². The van der Waals surface area contributed by atoms with Crippen LogP contribution >= 0.6 is 0 Å². The van der Waals surface area contributed by atoms with Crippen molar-refractivity contribution in [2.75, 3.05) is 13.1 Å². The van der Waals surface area contributed by atoms with Gasteiger partial charge >= 0.3 is 6.03 Å². The molecule has 2 aliphatic heterocycles. The number of benzene rings is 1. The number of nitrogens with zero attached hydrogens (tertiary/aromatic N) is 5. The Hall–Kier alpha value is -3.47. The first-order valence-electron chi connectivity index (χ1n) is 8.88. The van der Waals surface area contributed by atoms with Crippen molar-refractivity contribution >= 4 is 12.2 Å². The normalized spacial score (nSPS) is 19.8. The van der Waals surface area contributed by atoms with Crippen LogP contribution in [0.15, 0.2) is 47.8 Å². The van der Waals surface area contributed by atoms with Crippen molar-refractivity contribution in [1.29, 1.82) is 5.26 Å². The number of hydrazone groups is 1. The van der Waals surface area contributed by atoms with E-state index in [9.17, 15) is 9.18 Å². The summed E-state index contributed by atoms with van der Waals surface area (Å²) in [6.45, 7) is 2.71. The number of hydrogen-bond acceptors (Lipinski definition) is 5. The first-order chi connectivity index (χ1) is 13.5. The predicted octanol–water partition coefficient (Wildman–Crippen LogP) is 3.10. The molecule has 3 heterocycles. The Morgan fingerprint density at radius 1 is 1.32 bits per heavy atom. The summed E-state index contributed by atoms with van der Waals surface area (Å²) in [7, 11) is 0. The van der Waals surface area contributed by atoms with E-state index in [0.29, 0.717) is 30.8 Å². The van der Waals surface area contributed by atoms with Crippen LogP contribution in [0.5, 0.6) is 5.75 Å². The van der Waals surface area contributed by atoms with Gasteiger partial charge in [0.25, 0.3) is 0 Å². The van der Waals surface area contributed by atoms with Crippen molar-refractivity contribution in [2.24, 2.45) is 5.10 Å². The Balaban J connectivity index is 1.41. The molecule has 1 saturated heterocycles. The number of amides is 2. The molecular weight excluding hydrogens is 361 g/mol. The van der Waals surface area contributed by atoms with Crippen molar-refractivity contribution in [2.45, 2.75) is 25.0 Å². The molecule has 8 heteroatoms. The van der Waals surface area contributed by atoms with Crippen LogP contribution in [0.4, 0.5) is 9.18 Å². The van der Waals surface area contributed by atoms with Crippen LogP contribution < -0.4 is 4.74 Å². The topological polar surface area (TPSA) is 81.8 Å². The van der Waals surface area contributed by atoms with Gasteiger partial charge in [0.1, 0.15) is 23.2 Å². The number of nitriles is 1. The van der Waals surface area contributed by atoms with Gasteiger partial charge in [0.2, 0.25) is 0 Å². The number of halogens is 1. The smallest absolute Gasteiger partial charge is 0.341 e. The summed E-state index contributed by atoms with van der Waals surface area (Å²) in [6, 6.07) is 9.11. The zero-order valence-electron chi connectivity index (χ0n) is 15.2. The average molecular weight is 379 g/mol. The molecule has 2 aromatic rings. The summed E-state index contributed by atoms with van der Waals surface area (Å²) in [5, 5.41) is 14.7. The molecule has 0 bridgehead atoms. The molecule has 1 unspecified atom stereocenters. The minimum Gasteiger partial charge on any atom is -0.484 e. The van der Waals surface area contributed by atoms with E-state index in [-0.39, 0.29) is 17.9 Å². The molecular formula is C20H18FN5O2. The molecule has 0 saturated carbocycles. The Labute approximate surface area is 161 Å². The summed E-state index contributed by atoms with van der Waals surface area (Å²) in [4.78, 5) is 18.6. The van der Waals surface area contributed by atoms with Crippen LogP contribution in [0.1, 0.15) is 30.5 Å². The van der Waals surface area contributed by atoms with Crippen LogP contribution in [0.2, 0.25) is 0 Å². The Kier molecular flexibility index (Phi) is 4.43. The number of urea groups is 1. The maximum absolute atomic E-state index is 13.0. The van der Waals surface area contributed by atoms with Crippen LogP contribution in [-0.4, -0.2) is 45.8 Å². The van der Waals surface area contributed by atoms with E-state index in [2.05, 4.69) is 16.2 Å². The quantitative estimate of drug-likeness (QED) is 0.821. The highest BCUT2D eigenvalue weighted by molar-refractivity contribution is 5.79. The van der Waals surface area contributed by atoms with Crippen LogP contribution in [0.3, 0.4) is 0 Å². The van der Waals surface area contributed by atoms with Gasteiger partial charge in [-0.2, -0.15) is 10.4 Å². The van der Waals surface area contributed by atoms with Crippen molar-refractivity contribution in [3.63, 3.8) is 0 Å². The van der Waals surface area contributed by atoms with Gasteiger partial charge in [0.15, 0.2) is 0 Å². The highest BCUT2D eigenvalue weighted by Crippen LogP contribution is 2.33. The number of ether oxygens (including phenoxy) is 1. The first kappa shape index (κ1) is 17.9. The largest absolute Gasteiger partial charge is 0.484 e. The minimum absolute atomic E-state index is 0.221. The highest BCUT2D eigenvalue weighted by atomic mass is 19.1. The third kappa shape index (κ3) is 3.39. The Morgan fingerprint density at radius 3 is 2.79 bits per heavy atom. The number of likely N-dealkylation sites (tertiary alicyclic amines) is 1. The fourth-order valence-electron chi connectivity index (χ4n) is 3.47. The van der Waals surface area contributed by atoms with Gasteiger partial charge in [-0.05, 0) is 42.8 Å². The maximum atomic E-state index is 13.0. The molecule has 0 N–H and O–H groups in total. The second-order valence-corrected chi connectivity index (χ2v) is 7.16. The molecule has 2 amide bonds. The molecule has 0 radical (unpaired) electrons. The number of hydrogen-bond donors (Lipinski definition) is 0. The summed E-state index contributed by atoms with van der Waals surface area (Å²) < 4.78 is 18.9. The lowest BCUT2D eigenvalue weighted by Crippen LogP contribution is -2.66. The highest BCUT2D eigenvalue weighted by Gasteiger charge is 2.46. The summed E-state index contributed by atoms with van der Waals surface area (Å²) in [6.07, 6.45) is 5.40. The predicted molar refractivity (Wildman–Crippen MR) is 99.0 cm³/mol. The molecule has 142 valence electrons. The van der Waals surface area contributed by atoms with E-state index in [1.54, 1.807) is 35.5 Å². The fourth-order valence-corrected chi connectivity index (χ4v) is 3.47. The summed E-state index contributed by atoms with van der Waals surface area (Å²) in [5.74, 6) is 0.239. The zero-order chi connectivity index (χ0) is 19.7. The van der Waals surface area contributed by atoms with Gasteiger partial charge in [0.05, 0.1) is 24.7 Å². The number of aromatic nitrogens is 1. The summed E-state index contributed by atoms with van der Waals surface area (Å²) >= 11 is 0. The molecule has 28 heavy (non-hydrogen) atoms. The molecule has 7 nitrogen and oxygen atoms in total. The van der Waals surface area contributed by atoms with Crippen molar-refractivity contribution in [1.82, 2.24) is 14.9 Å². The number of carbonyl (C=O) groups is 1. The monoisotopic (exact) mass is 379 g/mol. The molecule has 4 rings (SSSR count). The minimum atomic E-state index is -0.533. The van der Waals surface area contributed by atoms with Crippen LogP contribution in [-0.2, 0) is 0 Å². The SMILES string of the molecule is CC1(Oc2ccc(F)cc2)CN(C(=O)N2N=CCC2c2cncc(C#N)c2)C1. The third-order valence-corrected chi connectivity index (χ3v) is 4.80. The number of rotatable bonds is 3. The molecule has 0 spiro atoms. The molecule has 1 atom stereocenters. The fraction of sp³-hybridized carbons (Fsp3) is 0.300. The lowest BCUT2D eigenvalue weighted by Gasteiger charge is -2.48. The first-order valence-corrected chi connectivity index (χ1v) is 8.88. The third-order valence-electron chi connectivity index (χ3n) is 4.80. The van der Waals surface area contributed by atoms with E-state index in [1.165, 1.54) is 23.3 Å². The maximum Gasteiger partial charge on any atom is 0.341 e. The van der Waals surface area contributed by atoms with Gasteiger partial charge in [-0.3, -0.25) is 4.98 Å². The lowest BCUT2D eigenvalue weighted by molar-refractivity contribution is -0.0482. The molecule has 1 fully saturated rings. The van der Waals surface area contributed by atoms with Crippen molar-refractivity contribution in [3.8, 4) is 11.8 Å². The standard InChI is InChI=1S/C20H18FN5O2/c1-20(28-17-4-2-16(21)3-5-17)12-25(13-20)19(27)26-18(6-7-24-26)15-8-14(9-22)10-23-11-15/h2-5,7-8,10-11,18H,6,12-13H2,1H3. The van der Waals surface area contributed by atoms with Gasteiger partial charge in [0, 0.05) is 25.0 Å². The molecule has 2 aliphatic rings. The Morgan fingerprint density at radius 2 is 2.07 bits per heavy atom. The van der Waals surface area contributed by atoms with Gasteiger partial charge in [-0.15, -0.1) is 0 Å². The van der Waals surface area contributed by atoms with Gasteiger partial charge < -0.3 is 9.64 Å². The van der Waals surface area contributed by atoms with Gasteiger partial charge in [-0.1, -0.05) is 0 Å². The number of carbonyl (C=O) groups excluding carboxylic acids is 1. The van der Waals surface area contributed by atoms with E-state index < -0.39 is 5.60 Å². The molecule has 1 aromatic carbocycles. The second-order valence-electron chi connectivity index (χ2n) is 7.16. The summed E-state index contributed by atoms with van der Waals surface area (Å²) in [5.41, 5.74) is 0.686. The Bertz CT molecular complexity index is 963. The second kappa shape index (κ2) is 6.93. The zero-order valence-corrected chi connectivity index (χ0v) is 15.2. The van der Waals surface area contributed by atoms with E-state index in [1.807, 2.05) is 6.92 Å². The molecule has 1 aromatic heterocycles.